The van der Waals surface area contributed by atoms with E-state index >= 15 is 0 Å². The third-order valence-corrected chi connectivity index (χ3v) is 9.49. The summed E-state index contributed by atoms with van der Waals surface area (Å²) in [6.45, 7) is 3.39. The predicted molar refractivity (Wildman–Crippen MR) is 192 cm³/mol. The highest BCUT2D eigenvalue weighted by atomic mass is 16.7. The van der Waals surface area contributed by atoms with E-state index in [-0.39, 0.29) is 32.0 Å². The van der Waals surface area contributed by atoms with Gasteiger partial charge in [-0.25, -0.2) is 0 Å². The number of hydrogen-bond acceptors (Lipinski definition) is 10. The molecule has 0 amide bonds. The minimum atomic E-state index is -1.59. The van der Waals surface area contributed by atoms with Gasteiger partial charge in [-0.2, -0.15) is 0 Å². The van der Waals surface area contributed by atoms with Crippen molar-refractivity contribution in [3.63, 3.8) is 0 Å². The average molecular weight is 703 g/mol. The molecule has 0 aromatic heterocycles. The second-order valence-electron chi connectivity index (χ2n) is 14.1. The van der Waals surface area contributed by atoms with Crippen LogP contribution in [0.2, 0.25) is 0 Å². The molecule has 10 heteroatoms. The highest BCUT2D eigenvalue weighted by Crippen LogP contribution is 2.22. The Hall–Kier alpha value is -1.30. The number of carbonyl (C=O) groups excluding carboxylic acids is 2. The zero-order chi connectivity index (χ0) is 36.0. The maximum Gasteiger partial charge on any atom is 0.306 e. The van der Waals surface area contributed by atoms with Crippen molar-refractivity contribution in [1.82, 2.24) is 0 Å². The van der Waals surface area contributed by atoms with Gasteiger partial charge in [0.1, 0.15) is 31.0 Å². The van der Waals surface area contributed by atoms with Crippen LogP contribution in [0.4, 0.5) is 0 Å². The quantitative estimate of drug-likeness (QED) is 0.0401. The monoisotopic (exact) mass is 703 g/mol. The Balaban J connectivity index is 2.34. The molecule has 1 fully saturated rings. The van der Waals surface area contributed by atoms with E-state index in [1.807, 2.05) is 0 Å². The highest BCUT2D eigenvalue weighted by Gasteiger charge is 2.44. The summed E-state index contributed by atoms with van der Waals surface area (Å²) in [5.74, 6) is -0.801. The van der Waals surface area contributed by atoms with Crippen molar-refractivity contribution in [1.29, 1.82) is 0 Å². The Bertz CT molecular complexity index is 779. The van der Waals surface area contributed by atoms with Crippen LogP contribution in [-0.2, 0) is 28.5 Å². The molecule has 1 aliphatic rings. The Labute approximate surface area is 298 Å². The molecule has 0 aromatic carbocycles. The first-order valence-electron chi connectivity index (χ1n) is 20.1. The van der Waals surface area contributed by atoms with Crippen molar-refractivity contribution in [2.24, 2.45) is 0 Å². The van der Waals surface area contributed by atoms with Gasteiger partial charge in [-0.15, -0.1) is 0 Å². The standard InChI is InChI=1S/C39H74O10/c1-3-5-7-9-11-13-14-15-16-17-18-19-20-22-24-26-28-35(42)48-32(30-46-34(41)27-25-23-21-12-10-8-6-4-2)31-47-39-38(45)37(44)36(43)33(29-40)49-39/h32-33,36-40,43-45H,3-31H2,1-2H3. The summed E-state index contributed by atoms with van der Waals surface area (Å²) in [5.41, 5.74) is 0. The molecule has 0 spiro atoms. The van der Waals surface area contributed by atoms with Gasteiger partial charge in [0.05, 0.1) is 13.2 Å². The van der Waals surface area contributed by atoms with Gasteiger partial charge < -0.3 is 39.4 Å². The number of ether oxygens (including phenoxy) is 4. The first-order chi connectivity index (χ1) is 23.8. The van der Waals surface area contributed by atoms with Crippen molar-refractivity contribution >= 4 is 11.9 Å². The van der Waals surface area contributed by atoms with Crippen LogP contribution < -0.4 is 0 Å². The molecule has 6 atom stereocenters. The summed E-state index contributed by atoms with van der Waals surface area (Å²) in [6, 6.07) is 0. The third-order valence-electron chi connectivity index (χ3n) is 9.49. The van der Waals surface area contributed by atoms with E-state index in [1.54, 1.807) is 0 Å². The van der Waals surface area contributed by atoms with Gasteiger partial charge in [0.15, 0.2) is 12.4 Å². The van der Waals surface area contributed by atoms with E-state index in [4.69, 9.17) is 18.9 Å². The lowest BCUT2D eigenvalue weighted by Gasteiger charge is -2.39. The van der Waals surface area contributed by atoms with Gasteiger partial charge >= 0.3 is 11.9 Å². The molecule has 0 aromatic rings. The van der Waals surface area contributed by atoms with Crippen LogP contribution >= 0.6 is 0 Å². The molecular weight excluding hydrogens is 628 g/mol. The molecule has 10 nitrogen and oxygen atoms in total. The molecule has 0 aliphatic carbocycles. The number of aliphatic hydroxyl groups is 4. The number of hydrogen-bond donors (Lipinski definition) is 4. The SMILES string of the molecule is CCCCCCCCCCCCCCCCCCC(=O)OC(COC(=O)CCCCCCCCCC)COC1OC(CO)C(O)C(O)C1O. The smallest absolute Gasteiger partial charge is 0.306 e. The van der Waals surface area contributed by atoms with E-state index in [1.165, 1.54) is 109 Å². The molecule has 0 bridgehead atoms. The zero-order valence-corrected chi connectivity index (χ0v) is 31.2. The maximum absolute atomic E-state index is 12.7. The van der Waals surface area contributed by atoms with Crippen molar-refractivity contribution < 1.29 is 49.0 Å². The minimum Gasteiger partial charge on any atom is -0.462 e. The van der Waals surface area contributed by atoms with Gasteiger partial charge in [-0.05, 0) is 12.8 Å². The number of rotatable bonds is 33. The molecule has 4 N–H and O–H groups in total. The lowest BCUT2D eigenvalue weighted by Crippen LogP contribution is -2.59. The Morgan fingerprint density at radius 3 is 1.39 bits per heavy atom. The van der Waals surface area contributed by atoms with Crippen molar-refractivity contribution in [2.45, 2.75) is 218 Å². The summed E-state index contributed by atoms with van der Waals surface area (Å²) >= 11 is 0. The van der Waals surface area contributed by atoms with Crippen molar-refractivity contribution in [2.75, 3.05) is 19.8 Å². The van der Waals surface area contributed by atoms with E-state index in [2.05, 4.69) is 13.8 Å². The summed E-state index contributed by atoms with van der Waals surface area (Å²) < 4.78 is 22.0. The van der Waals surface area contributed by atoms with Crippen molar-refractivity contribution in [3.05, 3.63) is 0 Å². The number of esters is 2. The third kappa shape index (κ3) is 23.7. The molecule has 1 rings (SSSR count). The lowest BCUT2D eigenvalue weighted by atomic mass is 9.99. The normalized spacial score (nSPS) is 21.5. The predicted octanol–water partition coefficient (Wildman–Crippen LogP) is 7.44. The molecule has 0 saturated carbocycles. The van der Waals surface area contributed by atoms with Crippen LogP contribution in [-0.4, -0.2) is 89.0 Å². The Morgan fingerprint density at radius 2 is 0.959 bits per heavy atom. The van der Waals surface area contributed by atoms with E-state index in [0.29, 0.717) is 6.42 Å². The fraction of sp³-hybridized carbons (Fsp3) is 0.949. The van der Waals surface area contributed by atoms with Crippen LogP contribution in [0.15, 0.2) is 0 Å². The van der Waals surface area contributed by atoms with Crippen LogP contribution in [0, 0.1) is 0 Å². The van der Waals surface area contributed by atoms with Gasteiger partial charge in [-0.3, -0.25) is 9.59 Å². The first-order valence-corrected chi connectivity index (χ1v) is 20.1. The molecule has 1 saturated heterocycles. The fourth-order valence-corrected chi connectivity index (χ4v) is 6.25. The molecule has 290 valence electrons. The van der Waals surface area contributed by atoms with Gasteiger partial charge in [0, 0.05) is 12.8 Å². The summed E-state index contributed by atoms with van der Waals surface area (Å²) in [6.07, 6.45) is 21.3. The molecule has 1 aliphatic heterocycles. The van der Waals surface area contributed by atoms with Gasteiger partial charge in [0.25, 0.3) is 0 Å². The summed E-state index contributed by atoms with van der Waals surface area (Å²) in [4.78, 5) is 25.1. The number of unbranched alkanes of at least 4 members (excludes halogenated alkanes) is 22. The van der Waals surface area contributed by atoms with E-state index in [9.17, 15) is 30.0 Å². The van der Waals surface area contributed by atoms with Crippen LogP contribution in [0.5, 0.6) is 0 Å². The Kier molecular flexibility index (Phi) is 29.3. The fourth-order valence-electron chi connectivity index (χ4n) is 6.25. The second-order valence-corrected chi connectivity index (χ2v) is 14.1. The summed E-state index contributed by atoms with van der Waals surface area (Å²) in [5, 5.41) is 39.9. The molecule has 6 unspecified atom stereocenters. The van der Waals surface area contributed by atoms with Crippen LogP contribution in [0.3, 0.4) is 0 Å². The zero-order valence-electron chi connectivity index (χ0n) is 31.2. The van der Waals surface area contributed by atoms with Crippen LogP contribution in [0.1, 0.15) is 181 Å². The average Bonchev–Trinajstić information content (AvgIpc) is 3.10. The van der Waals surface area contributed by atoms with Gasteiger partial charge in [-0.1, -0.05) is 155 Å². The van der Waals surface area contributed by atoms with Gasteiger partial charge in [0.2, 0.25) is 0 Å². The van der Waals surface area contributed by atoms with Crippen molar-refractivity contribution in [3.8, 4) is 0 Å². The number of aliphatic hydroxyl groups excluding tert-OH is 4. The summed E-state index contributed by atoms with van der Waals surface area (Å²) in [7, 11) is 0. The Morgan fingerprint density at radius 1 is 0.551 bits per heavy atom. The number of carbonyl (C=O) groups is 2. The first kappa shape index (κ1) is 45.7. The van der Waals surface area contributed by atoms with E-state index < -0.39 is 49.4 Å². The second kappa shape index (κ2) is 31.4. The maximum atomic E-state index is 12.7. The topological polar surface area (TPSA) is 152 Å². The molecular formula is C39H74O10. The minimum absolute atomic E-state index is 0.210. The molecule has 0 radical (unpaired) electrons. The molecule has 1 heterocycles. The highest BCUT2D eigenvalue weighted by molar-refractivity contribution is 5.70. The lowest BCUT2D eigenvalue weighted by molar-refractivity contribution is -0.305. The largest absolute Gasteiger partial charge is 0.462 e. The molecule has 49 heavy (non-hydrogen) atoms. The van der Waals surface area contributed by atoms with E-state index in [0.717, 1.165) is 38.5 Å². The van der Waals surface area contributed by atoms with Crippen LogP contribution in [0.25, 0.3) is 0 Å².